The molecule has 8 heteroatoms. The molecule has 1 amide bonds. The van der Waals surface area contributed by atoms with E-state index in [-0.39, 0.29) is 12.2 Å². The highest BCUT2D eigenvalue weighted by Crippen LogP contribution is 2.28. The van der Waals surface area contributed by atoms with Gasteiger partial charge in [0.05, 0.1) is 12.8 Å². The van der Waals surface area contributed by atoms with Gasteiger partial charge in [-0.25, -0.2) is 4.79 Å². The molecule has 3 N–H and O–H groups in total. The van der Waals surface area contributed by atoms with Crippen molar-refractivity contribution in [3.8, 4) is 5.75 Å². The summed E-state index contributed by atoms with van der Waals surface area (Å²) in [5.74, 6) is 0.225. The summed E-state index contributed by atoms with van der Waals surface area (Å²) in [6.07, 6.45) is -5.54. The van der Waals surface area contributed by atoms with Crippen LogP contribution in [0.2, 0.25) is 0 Å². The highest BCUT2D eigenvalue weighted by Gasteiger charge is 2.36. The van der Waals surface area contributed by atoms with Gasteiger partial charge in [-0.3, -0.25) is 5.32 Å². The SMILES string of the molecule is COc1cc(CC(N)C(F)(F)F)ccc1NC(=O)OC(C)(C)C. The van der Waals surface area contributed by atoms with E-state index in [1.54, 1.807) is 20.8 Å². The number of halogens is 3. The summed E-state index contributed by atoms with van der Waals surface area (Å²) in [5, 5.41) is 2.49. The summed E-state index contributed by atoms with van der Waals surface area (Å²) in [6, 6.07) is 2.33. The first-order valence-corrected chi connectivity index (χ1v) is 6.91. The molecular formula is C15H21F3N2O3. The summed E-state index contributed by atoms with van der Waals surface area (Å²) in [6.45, 7) is 5.14. The number of benzene rings is 1. The van der Waals surface area contributed by atoms with Gasteiger partial charge in [-0.05, 0) is 44.9 Å². The van der Waals surface area contributed by atoms with Gasteiger partial charge in [0, 0.05) is 0 Å². The van der Waals surface area contributed by atoms with E-state index in [4.69, 9.17) is 15.2 Å². The molecule has 1 atom stereocenters. The van der Waals surface area contributed by atoms with Gasteiger partial charge >= 0.3 is 12.3 Å². The molecule has 0 aliphatic carbocycles. The normalized spacial score (nSPS) is 13.4. The van der Waals surface area contributed by atoms with Crippen molar-refractivity contribution < 1.29 is 27.4 Å². The van der Waals surface area contributed by atoms with Crippen LogP contribution in [-0.2, 0) is 11.2 Å². The van der Waals surface area contributed by atoms with Crippen molar-refractivity contribution in [2.24, 2.45) is 5.73 Å². The van der Waals surface area contributed by atoms with Crippen LogP contribution in [0.3, 0.4) is 0 Å². The van der Waals surface area contributed by atoms with Gasteiger partial charge in [0.15, 0.2) is 0 Å². The molecule has 0 spiro atoms. The monoisotopic (exact) mass is 334 g/mol. The smallest absolute Gasteiger partial charge is 0.412 e. The Balaban J connectivity index is 2.86. The van der Waals surface area contributed by atoms with E-state index in [1.807, 2.05) is 0 Å². The molecule has 23 heavy (non-hydrogen) atoms. The zero-order valence-electron chi connectivity index (χ0n) is 13.5. The molecule has 0 heterocycles. The summed E-state index contributed by atoms with van der Waals surface area (Å²) in [4.78, 5) is 11.7. The molecule has 5 nitrogen and oxygen atoms in total. The van der Waals surface area contributed by atoms with E-state index in [2.05, 4.69) is 5.32 Å². The molecule has 0 aliphatic rings. The molecule has 0 saturated heterocycles. The lowest BCUT2D eigenvalue weighted by Gasteiger charge is -2.20. The topological polar surface area (TPSA) is 73.6 Å². The van der Waals surface area contributed by atoms with Gasteiger partial charge in [0.2, 0.25) is 0 Å². The largest absolute Gasteiger partial charge is 0.495 e. The number of nitrogens with one attached hydrogen (secondary N) is 1. The number of rotatable bonds is 4. The Labute approximate surface area is 132 Å². The van der Waals surface area contributed by atoms with Gasteiger partial charge in [0.1, 0.15) is 17.4 Å². The third-order valence-electron chi connectivity index (χ3n) is 2.78. The Kier molecular flexibility index (Phi) is 5.87. The van der Waals surface area contributed by atoms with Gasteiger partial charge < -0.3 is 15.2 Å². The molecule has 0 fully saturated rings. The number of carbonyl (C=O) groups excluding carboxylic acids is 1. The van der Waals surface area contributed by atoms with E-state index >= 15 is 0 Å². The van der Waals surface area contributed by atoms with E-state index in [1.165, 1.54) is 25.3 Å². The number of carbonyl (C=O) groups is 1. The first-order chi connectivity index (χ1) is 10.4. The van der Waals surface area contributed by atoms with Gasteiger partial charge in [0.25, 0.3) is 0 Å². The molecule has 0 bridgehead atoms. The summed E-state index contributed by atoms with van der Waals surface area (Å²) in [7, 11) is 1.35. The number of alkyl halides is 3. The van der Waals surface area contributed by atoms with Crippen molar-refractivity contribution in [2.75, 3.05) is 12.4 Å². The fraction of sp³-hybridized carbons (Fsp3) is 0.533. The molecule has 130 valence electrons. The number of nitrogens with two attached hydrogens (primary N) is 1. The van der Waals surface area contributed by atoms with Crippen molar-refractivity contribution in [2.45, 2.75) is 45.0 Å². The van der Waals surface area contributed by atoms with E-state index in [0.29, 0.717) is 11.3 Å². The second-order valence-corrected chi connectivity index (χ2v) is 6.01. The first kappa shape index (κ1) is 19.1. The highest BCUT2D eigenvalue weighted by atomic mass is 19.4. The average molecular weight is 334 g/mol. The molecule has 0 saturated carbocycles. The fourth-order valence-electron chi connectivity index (χ4n) is 1.75. The molecule has 0 aliphatic heterocycles. The Morgan fingerprint density at radius 3 is 2.39 bits per heavy atom. The first-order valence-electron chi connectivity index (χ1n) is 6.91. The summed E-state index contributed by atoms with van der Waals surface area (Å²) >= 11 is 0. The maximum atomic E-state index is 12.5. The van der Waals surface area contributed by atoms with Gasteiger partial charge in [-0.15, -0.1) is 0 Å². The van der Waals surface area contributed by atoms with Gasteiger partial charge in [-0.2, -0.15) is 13.2 Å². The Morgan fingerprint density at radius 1 is 1.30 bits per heavy atom. The minimum atomic E-state index is -4.47. The van der Waals surface area contributed by atoms with Crippen LogP contribution in [0.15, 0.2) is 18.2 Å². The maximum Gasteiger partial charge on any atom is 0.412 e. The molecule has 1 unspecified atom stereocenters. The molecule has 0 radical (unpaired) electrons. The van der Waals surface area contributed by atoms with Crippen molar-refractivity contribution in [3.05, 3.63) is 23.8 Å². The number of amides is 1. The van der Waals surface area contributed by atoms with Crippen LogP contribution in [0.25, 0.3) is 0 Å². The van der Waals surface area contributed by atoms with E-state index in [9.17, 15) is 18.0 Å². The quantitative estimate of drug-likeness (QED) is 0.884. The lowest BCUT2D eigenvalue weighted by Crippen LogP contribution is -2.39. The number of hydrogen-bond donors (Lipinski definition) is 2. The number of hydrogen-bond acceptors (Lipinski definition) is 4. The number of anilines is 1. The van der Waals surface area contributed by atoms with E-state index < -0.39 is 23.9 Å². The predicted octanol–water partition coefficient (Wildman–Crippen LogP) is 3.47. The van der Waals surface area contributed by atoms with Gasteiger partial charge in [-0.1, -0.05) is 6.07 Å². The minimum absolute atomic E-state index is 0.225. The van der Waals surface area contributed by atoms with Crippen LogP contribution in [0.4, 0.5) is 23.7 Å². The molecular weight excluding hydrogens is 313 g/mol. The van der Waals surface area contributed by atoms with Crippen LogP contribution in [0, 0.1) is 0 Å². The summed E-state index contributed by atoms with van der Waals surface area (Å²) in [5.41, 5.74) is 5.08. The molecule has 0 aromatic heterocycles. The maximum absolute atomic E-state index is 12.5. The van der Waals surface area contributed by atoms with Crippen LogP contribution in [-0.4, -0.2) is 31.0 Å². The fourth-order valence-corrected chi connectivity index (χ4v) is 1.75. The lowest BCUT2D eigenvalue weighted by molar-refractivity contribution is -0.147. The Bertz CT molecular complexity index is 554. The third kappa shape index (κ3) is 6.35. The molecule has 1 rings (SSSR count). The Hall–Kier alpha value is -1.96. The second-order valence-electron chi connectivity index (χ2n) is 6.01. The van der Waals surface area contributed by atoms with Crippen LogP contribution >= 0.6 is 0 Å². The molecule has 1 aromatic rings. The minimum Gasteiger partial charge on any atom is -0.495 e. The Morgan fingerprint density at radius 2 is 1.91 bits per heavy atom. The standard InChI is InChI=1S/C15H21F3N2O3/c1-14(2,3)23-13(21)20-10-6-5-9(7-11(10)22-4)8-12(19)15(16,17)18/h5-7,12H,8,19H2,1-4H3,(H,20,21). The second kappa shape index (κ2) is 7.08. The van der Waals surface area contributed by atoms with Crippen molar-refractivity contribution in [3.63, 3.8) is 0 Å². The van der Waals surface area contributed by atoms with Crippen molar-refractivity contribution >= 4 is 11.8 Å². The van der Waals surface area contributed by atoms with E-state index in [0.717, 1.165) is 0 Å². The number of methoxy groups -OCH3 is 1. The third-order valence-corrected chi connectivity index (χ3v) is 2.78. The van der Waals surface area contributed by atoms with Crippen LogP contribution < -0.4 is 15.8 Å². The zero-order chi connectivity index (χ0) is 17.8. The lowest BCUT2D eigenvalue weighted by atomic mass is 10.1. The van der Waals surface area contributed by atoms with Crippen molar-refractivity contribution in [1.29, 1.82) is 0 Å². The molecule has 1 aromatic carbocycles. The van der Waals surface area contributed by atoms with Crippen molar-refractivity contribution in [1.82, 2.24) is 0 Å². The predicted molar refractivity (Wildman–Crippen MR) is 80.6 cm³/mol. The highest BCUT2D eigenvalue weighted by molar-refractivity contribution is 5.87. The van der Waals surface area contributed by atoms with Crippen LogP contribution in [0.5, 0.6) is 5.75 Å². The average Bonchev–Trinajstić information content (AvgIpc) is 2.37. The number of ether oxygens (including phenoxy) is 2. The summed E-state index contributed by atoms with van der Waals surface area (Å²) < 4.78 is 47.7. The van der Waals surface area contributed by atoms with Crippen LogP contribution in [0.1, 0.15) is 26.3 Å². The zero-order valence-corrected chi connectivity index (χ0v) is 13.5.